The molecule has 0 amide bonds. The largest absolute Gasteiger partial charge is 0.507 e. The van der Waals surface area contributed by atoms with E-state index in [9.17, 15) is 45.3 Å². The molecule has 3 saturated heterocycles. The van der Waals surface area contributed by atoms with Crippen LogP contribution in [0.3, 0.4) is 0 Å². The molecule has 17 rings (SSSR count). The number of aromatic hydroxyl groups is 2. The molecule has 472 valence electrons. The molecule has 10 saturated carbocycles. The molecule has 16 atom stereocenters. The van der Waals surface area contributed by atoms with Crippen molar-refractivity contribution in [2.45, 2.75) is 260 Å². The van der Waals surface area contributed by atoms with Gasteiger partial charge in [0.05, 0.1) is 35.3 Å². The zero-order chi connectivity index (χ0) is 59.7. The van der Waals surface area contributed by atoms with Crippen molar-refractivity contribution >= 4 is 22.5 Å². The van der Waals surface area contributed by atoms with Crippen LogP contribution >= 0.6 is 0 Å². The van der Waals surface area contributed by atoms with Crippen molar-refractivity contribution in [3.05, 3.63) is 51.6 Å². The molecule has 0 unspecified atom stereocenters. The molecule has 4 aliphatic heterocycles. The van der Waals surface area contributed by atoms with Crippen LogP contribution in [0.1, 0.15) is 232 Å². The van der Waals surface area contributed by atoms with Crippen molar-refractivity contribution in [2.24, 2.45) is 61.1 Å². The average Bonchev–Trinajstić information content (AvgIpc) is 1.59. The Labute approximate surface area is 512 Å². The normalized spacial score (nSPS) is 45.6. The number of allylic oxidation sites excluding steroid dienone is 1. The highest BCUT2D eigenvalue weighted by molar-refractivity contribution is 6.11. The third-order valence-corrected chi connectivity index (χ3v) is 29.6. The molecule has 0 radical (unpaired) electrons. The van der Waals surface area contributed by atoms with Gasteiger partial charge in [0, 0.05) is 47.1 Å². The number of hydrogen-bond donors (Lipinski definition) is 9. The van der Waals surface area contributed by atoms with E-state index >= 15 is 0 Å². The maximum Gasteiger partial charge on any atom is 0.335 e. The van der Waals surface area contributed by atoms with Crippen molar-refractivity contribution < 1.29 is 64.3 Å². The molecule has 0 aromatic heterocycles. The smallest absolute Gasteiger partial charge is 0.335 e. The average molecular weight is 1200 g/mol. The molecule has 13 fully saturated rings. The summed E-state index contributed by atoms with van der Waals surface area (Å²) in [4.78, 5) is 25.9. The van der Waals surface area contributed by atoms with Crippen LogP contribution in [0, 0.1) is 68.0 Å². The molecule has 2 aromatic rings. The van der Waals surface area contributed by atoms with Gasteiger partial charge in [0.25, 0.3) is 0 Å². The fourth-order valence-corrected chi connectivity index (χ4v) is 27.1. The highest BCUT2D eigenvalue weighted by atomic mass is 16.7. The van der Waals surface area contributed by atoms with Gasteiger partial charge in [-0.25, -0.2) is 4.79 Å². The first-order valence-electron chi connectivity index (χ1n) is 34.6. The predicted octanol–water partition coefficient (Wildman–Crippen LogP) is 11.2. The molecule has 15 heteroatoms. The summed E-state index contributed by atoms with van der Waals surface area (Å²) in [7, 11) is 0. The van der Waals surface area contributed by atoms with E-state index in [2.05, 4.69) is 16.9 Å². The molecule has 87 heavy (non-hydrogen) atoms. The van der Waals surface area contributed by atoms with E-state index in [4.69, 9.17) is 18.9 Å². The minimum atomic E-state index is -1.84. The fraction of sp³-hybridized carbons (Fsp3) is 0.778. The SMILES string of the molecule is CC(=O)c1c(C)c(O)c2cc(C(=O)O)cc(O[C@@H]3O[C@H](CO)[C@]4(C[C@@H]5C6=C(CC=C6[C@]6(CCO)COC[C@H]7C[C@@]89C[C@]5(NN[C@H]8C[C@]5(CC8(CCCC8)C[C@]58CCC5(CCCC5)C8)C9)[C@H]76)[C@]5(CCC[C@]6(CCC7(CCCC7)C6)C5)O4)[C@H](O)[C@H]3O)c2c1O. The third kappa shape index (κ3) is 7.55. The predicted molar refractivity (Wildman–Crippen MR) is 323 cm³/mol. The number of ketones is 1. The first-order valence-corrected chi connectivity index (χ1v) is 34.6. The number of carboxylic acid groups (broad SMARTS) is 1. The molecule has 10 spiro atoms. The van der Waals surface area contributed by atoms with Crippen LogP contribution in [-0.2, 0) is 14.2 Å². The number of carbonyl (C=O) groups is 2. The highest BCUT2D eigenvalue weighted by Gasteiger charge is 2.80. The number of hydrazine groups is 1. The van der Waals surface area contributed by atoms with E-state index in [1.54, 1.807) is 0 Å². The van der Waals surface area contributed by atoms with Crippen LogP contribution in [0.4, 0.5) is 0 Å². The first-order chi connectivity index (χ1) is 41.7. The van der Waals surface area contributed by atoms with E-state index in [0.29, 0.717) is 54.1 Å². The van der Waals surface area contributed by atoms with Gasteiger partial charge < -0.3 is 54.7 Å². The molecule has 15 aliphatic rings. The summed E-state index contributed by atoms with van der Waals surface area (Å²) in [6.45, 7) is 3.29. The number of aliphatic hydroxyl groups excluding tert-OH is 4. The highest BCUT2D eigenvalue weighted by Crippen LogP contribution is 2.83. The van der Waals surface area contributed by atoms with Crippen LogP contribution < -0.4 is 15.6 Å². The Morgan fingerprint density at radius 2 is 1.43 bits per heavy atom. The van der Waals surface area contributed by atoms with Gasteiger partial charge in [-0.05, 0) is 253 Å². The molecule has 11 aliphatic carbocycles. The summed E-state index contributed by atoms with van der Waals surface area (Å²) in [6.07, 6.45) is 31.4. The number of nitrogens with one attached hydrogen (secondary N) is 2. The maximum atomic E-state index is 13.8. The molecule has 2 aromatic carbocycles. The van der Waals surface area contributed by atoms with Crippen molar-refractivity contribution in [1.82, 2.24) is 10.9 Å². The van der Waals surface area contributed by atoms with Crippen LogP contribution in [0.15, 0.2) is 34.9 Å². The number of rotatable bonds is 7. The molecule has 2 bridgehead atoms. The summed E-state index contributed by atoms with van der Waals surface area (Å²) >= 11 is 0. The summed E-state index contributed by atoms with van der Waals surface area (Å²) in [5, 5.41) is 84.5. The molecular formula is C72H96N2O13. The van der Waals surface area contributed by atoms with Crippen molar-refractivity contribution in [1.29, 1.82) is 0 Å². The minimum Gasteiger partial charge on any atom is -0.507 e. The van der Waals surface area contributed by atoms with Crippen molar-refractivity contribution in [2.75, 3.05) is 26.4 Å². The first kappa shape index (κ1) is 57.3. The van der Waals surface area contributed by atoms with E-state index in [0.717, 1.165) is 51.0 Å². The number of carbonyl (C=O) groups excluding carboxylic acids is 1. The number of phenolic OH excluding ortho intramolecular Hbond substituents is 2. The van der Waals surface area contributed by atoms with Gasteiger partial charge >= 0.3 is 5.97 Å². The number of aliphatic hydroxyl groups is 4. The number of hydrogen-bond acceptors (Lipinski definition) is 14. The zero-order valence-corrected chi connectivity index (χ0v) is 51.7. The molecule has 15 nitrogen and oxygen atoms in total. The number of phenols is 2. The number of aromatic carboxylic acids is 1. The summed E-state index contributed by atoms with van der Waals surface area (Å²) in [6, 6.07) is 2.62. The van der Waals surface area contributed by atoms with Crippen LogP contribution in [-0.4, -0.2) is 121 Å². The van der Waals surface area contributed by atoms with Gasteiger partial charge in [0.1, 0.15) is 41.2 Å². The number of ether oxygens (including phenoxy) is 4. The third-order valence-electron chi connectivity index (χ3n) is 29.6. The quantitative estimate of drug-likeness (QED) is 0.0926. The Balaban J connectivity index is 0.822. The van der Waals surface area contributed by atoms with Gasteiger partial charge in [-0.3, -0.25) is 15.6 Å². The van der Waals surface area contributed by atoms with Crippen molar-refractivity contribution in [3.8, 4) is 17.2 Å². The van der Waals surface area contributed by atoms with E-state index in [1.165, 1.54) is 165 Å². The second kappa shape index (κ2) is 19.0. The standard InChI is InChI=1S/C72H96N2O13/c1-41-52(42(2)77)56(79)53-45(55(41)78)26-43(60(82)83)27-49(53)85-61-57(80)59(81)72(51(31-76)86-61)29-48-54-46(10-11-47(54)70(87-72)19-9-18-65(37-70)21-20-62(33-65)12-3-4-13-62)69(24-25-75)40-84-32-44-28-66-38-68(30-50(66)73-74-71(48,39-66)58(44)69)36-64(16-7-8-17-64)35-67(68)23-22-63(34-67)14-5-6-15-63/h10,26-27,44,48,50-51,57-59,61,73-76,78-81H,3-9,11-25,28-40H2,1-2H3,(H,82,83)/t44-,48-,50+,51-,57-,58-,59-,61-,65-,66-,67-,68+,69+,70-,71-,72-/m1/s1. The second-order valence-corrected chi connectivity index (χ2v) is 33.5. The number of carboxylic acids is 1. The van der Waals surface area contributed by atoms with Gasteiger partial charge in [-0.15, -0.1) is 0 Å². The lowest BCUT2D eigenvalue weighted by Crippen LogP contribution is -2.81. The lowest BCUT2D eigenvalue weighted by Gasteiger charge is -2.71. The number of fused-ring (bicyclic) bond motifs is 4. The Morgan fingerprint density at radius 3 is 2.15 bits per heavy atom. The summed E-state index contributed by atoms with van der Waals surface area (Å²) in [5.41, 5.74) is 10.0. The molecule has 4 heterocycles. The van der Waals surface area contributed by atoms with E-state index < -0.39 is 76.6 Å². The van der Waals surface area contributed by atoms with Crippen LogP contribution in [0.2, 0.25) is 0 Å². The van der Waals surface area contributed by atoms with Crippen molar-refractivity contribution in [3.63, 3.8) is 0 Å². The van der Waals surface area contributed by atoms with E-state index in [1.807, 2.05) is 0 Å². The van der Waals surface area contributed by atoms with Gasteiger partial charge in [0.2, 0.25) is 6.29 Å². The minimum absolute atomic E-state index is 0.0190. The summed E-state index contributed by atoms with van der Waals surface area (Å²) < 4.78 is 29.0. The van der Waals surface area contributed by atoms with Gasteiger partial charge in [0.15, 0.2) is 5.78 Å². The van der Waals surface area contributed by atoms with Gasteiger partial charge in [-0.1, -0.05) is 44.6 Å². The number of Topliss-reactive ketones (excluding diaryl/α,β-unsaturated/α-hetero) is 1. The lowest BCUT2D eigenvalue weighted by molar-refractivity contribution is -0.349. The Kier molecular flexibility index (Phi) is 12.5. The monoisotopic (exact) mass is 1200 g/mol. The molecular weight excluding hydrogens is 1100 g/mol. The topological polar surface area (TPSA) is 237 Å². The van der Waals surface area contributed by atoms with Crippen LogP contribution in [0.25, 0.3) is 10.8 Å². The van der Waals surface area contributed by atoms with E-state index in [-0.39, 0.29) is 86.3 Å². The molecule has 9 N–H and O–H groups in total. The fourth-order valence-electron chi connectivity index (χ4n) is 27.1. The maximum absolute atomic E-state index is 13.8. The Hall–Kier alpha value is -3.64. The second-order valence-electron chi connectivity index (χ2n) is 33.5. The number of benzene rings is 2. The van der Waals surface area contributed by atoms with Gasteiger partial charge in [-0.2, -0.15) is 0 Å². The summed E-state index contributed by atoms with van der Waals surface area (Å²) in [5.74, 6) is -3.21. The Morgan fingerprint density at radius 1 is 0.747 bits per heavy atom. The lowest BCUT2D eigenvalue weighted by atomic mass is 9.39. The Bertz CT molecular complexity index is 3310. The zero-order valence-electron chi connectivity index (χ0n) is 51.7. The van der Waals surface area contributed by atoms with Crippen LogP contribution in [0.5, 0.6) is 17.2 Å².